The second kappa shape index (κ2) is 9.94. The molecule has 0 bridgehead atoms. The van der Waals surface area contributed by atoms with Gasteiger partial charge in [0.1, 0.15) is 11.3 Å². The highest BCUT2D eigenvalue weighted by Crippen LogP contribution is 2.53. The van der Waals surface area contributed by atoms with Gasteiger partial charge in [-0.05, 0) is 48.5 Å². The molecule has 0 aliphatic rings. The van der Waals surface area contributed by atoms with E-state index < -0.39 is 91.5 Å². The molecule has 0 radical (unpaired) electrons. The Hall–Kier alpha value is -6.18. The number of phenolic OH excluding ortho intramolecular Hbond substituents is 10. The molecule has 0 saturated carbocycles. The van der Waals surface area contributed by atoms with E-state index in [1.807, 2.05) is 0 Å². The van der Waals surface area contributed by atoms with Crippen LogP contribution in [0, 0.1) is 0 Å². The zero-order valence-corrected chi connectivity index (χ0v) is 19.7. The Morgan fingerprint density at radius 1 is 0.450 bits per heavy atom. The van der Waals surface area contributed by atoms with Crippen LogP contribution in [0.2, 0.25) is 0 Å². The van der Waals surface area contributed by atoms with Crippen molar-refractivity contribution in [3.05, 3.63) is 70.8 Å². The highest BCUT2D eigenvalue weighted by atomic mass is 17.2. The Balaban J connectivity index is 1.78. The van der Waals surface area contributed by atoms with E-state index in [0.29, 0.717) is 0 Å². The number of ketones is 2. The van der Waals surface area contributed by atoms with Gasteiger partial charge in [0.25, 0.3) is 5.75 Å². The predicted molar refractivity (Wildman–Crippen MR) is 131 cm³/mol. The van der Waals surface area contributed by atoms with Crippen LogP contribution in [0.3, 0.4) is 0 Å². The monoisotopic (exact) mass is 554 g/mol. The minimum absolute atomic E-state index is 0.0153. The van der Waals surface area contributed by atoms with E-state index in [4.69, 9.17) is 9.78 Å². The molecule has 4 rings (SSSR count). The minimum Gasteiger partial charge on any atom is -0.508 e. The zero-order valence-electron chi connectivity index (χ0n) is 19.7. The molecule has 206 valence electrons. The molecule has 0 spiro atoms. The van der Waals surface area contributed by atoms with Crippen molar-refractivity contribution in [2.75, 3.05) is 0 Å². The number of phenols is 10. The molecule has 10 N–H and O–H groups in total. The summed E-state index contributed by atoms with van der Waals surface area (Å²) in [5, 5.41) is 100. The van der Waals surface area contributed by atoms with Crippen molar-refractivity contribution in [3.63, 3.8) is 0 Å². The molecule has 0 fully saturated rings. The second-order valence-electron chi connectivity index (χ2n) is 8.11. The summed E-state index contributed by atoms with van der Waals surface area (Å²) in [5.74, 6) is -15.0. The third kappa shape index (κ3) is 4.41. The number of aromatic hydroxyl groups is 10. The van der Waals surface area contributed by atoms with Crippen molar-refractivity contribution in [3.8, 4) is 69.0 Å². The lowest BCUT2D eigenvalue weighted by molar-refractivity contribution is -0.106. The lowest BCUT2D eigenvalue weighted by Gasteiger charge is -2.17. The molecular weight excluding hydrogens is 536 g/mol. The molecule has 14 nitrogen and oxygen atoms in total. The van der Waals surface area contributed by atoms with Crippen molar-refractivity contribution < 1.29 is 70.4 Å². The van der Waals surface area contributed by atoms with Crippen molar-refractivity contribution >= 4 is 11.6 Å². The summed E-state index contributed by atoms with van der Waals surface area (Å²) >= 11 is 0. The summed E-state index contributed by atoms with van der Waals surface area (Å²) in [7, 11) is 0. The summed E-state index contributed by atoms with van der Waals surface area (Å²) in [6, 6.07) is 8.45. The van der Waals surface area contributed by atoms with Gasteiger partial charge >= 0.3 is 0 Å². The molecule has 0 heterocycles. The first kappa shape index (κ1) is 26.9. The third-order valence-electron chi connectivity index (χ3n) is 5.65. The lowest BCUT2D eigenvalue weighted by Crippen LogP contribution is -2.10. The van der Waals surface area contributed by atoms with Crippen LogP contribution in [0.5, 0.6) is 69.0 Å². The standard InChI is InChI=1S/C26H18O14/c27-10-3-1-9(2-4-10)16(30)11-6-8-14(29)25(19(11)33)39-40-26-15(21(35)22(36)23(37)24(26)38)17(31)12-5-7-13(28)20(34)18(12)32/h1-8,27-29,32-38H. The molecule has 0 aliphatic carbocycles. The number of carbonyl (C=O) groups is 2. The Kier molecular flexibility index (Phi) is 6.68. The van der Waals surface area contributed by atoms with Crippen LogP contribution in [-0.4, -0.2) is 62.6 Å². The van der Waals surface area contributed by atoms with Gasteiger partial charge in [-0.3, -0.25) is 19.4 Å². The molecule has 0 atom stereocenters. The van der Waals surface area contributed by atoms with Gasteiger partial charge in [0.05, 0.1) is 11.1 Å². The number of rotatable bonds is 7. The number of benzene rings is 4. The normalized spacial score (nSPS) is 10.7. The highest BCUT2D eigenvalue weighted by molar-refractivity contribution is 6.15. The van der Waals surface area contributed by atoms with Crippen LogP contribution in [0.25, 0.3) is 0 Å². The van der Waals surface area contributed by atoms with E-state index in [9.17, 15) is 60.7 Å². The molecule has 0 aliphatic heterocycles. The Labute approximate surface area is 222 Å². The predicted octanol–water partition coefficient (Wildman–Crippen LogP) is 2.58. The number of hydrogen-bond acceptors (Lipinski definition) is 14. The van der Waals surface area contributed by atoms with Gasteiger partial charge in [-0.1, -0.05) is 0 Å². The SMILES string of the molecule is O=C(c1ccc(O)cc1)c1ccc(O)c(OOc2c(O)c(O)c(O)c(O)c2C(=O)c2ccc(O)c(O)c2O)c1O. The van der Waals surface area contributed by atoms with Gasteiger partial charge in [-0.2, -0.15) is 0 Å². The van der Waals surface area contributed by atoms with Gasteiger partial charge in [-0.25, -0.2) is 0 Å². The topological polar surface area (TPSA) is 255 Å². The van der Waals surface area contributed by atoms with Crippen LogP contribution >= 0.6 is 0 Å². The summed E-state index contributed by atoms with van der Waals surface area (Å²) in [6.45, 7) is 0. The Morgan fingerprint density at radius 2 is 0.975 bits per heavy atom. The smallest absolute Gasteiger partial charge is 0.262 e. The average molecular weight is 554 g/mol. The molecule has 40 heavy (non-hydrogen) atoms. The van der Waals surface area contributed by atoms with Crippen LogP contribution in [-0.2, 0) is 0 Å². The maximum Gasteiger partial charge on any atom is 0.262 e. The highest BCUT2D eigenvalue weighted by Gasteiger charge is 2.33. The first-order valence-corrected chi connectivity index (χ1v) is 10.9. The first-order chi connectivity index (χ1) is 18.8. The number of hydrogen-bond donors (Lipinski definition) is 10. The molecule has 0 unspecified atom stereocenters. The molecule has 14 heteroatoms. The molecule has 0 saturated heterocycles. The third-order valence-corrected chi connectivity index (χ3v) is 5.65. The summed E-state index contributed by atoms with van der Waals surface area (Å²) in [4.78, 5) is 35.7. The van der Waals surface area contributed by atoms with Crippen molar-refractivity contribution in [2.24, 2.45) is 0 Å². The minimum atomic E-state index is -1.45. The van der Waals surface area contributed by atoms with Gasteiger partial charge in [-0.15, -0.1) is 0 Å². The van der Waals surface area contributed by atoms with Crippen molar-refractivity contribution in [1.82, 2.24) is 0 Å². The van der Waals surface area contributed by atoms with Gasteiger partial charge < -0.3 is 51.1 Å². The zero-order chi connectivity index (χ0) is 29.5. The van der Waals surface area contributed by atoms with Gasteiger partial charge in [0.2, 0.25) is 34.5 Å². The van der Waals surface area contributed by atoms with E-state index in [-0.39, 0.29) is 11.3 Å². The van der Waals surface area contributed by atoms with Crippen LogP contribution in [0.15, 0.2) is 48.5 Å². The second-order valence-corrected chi connectivity index (χ2v) is 8.11. The Bertz CT molecular complexity index is 1680. The molecule has 4 aromatic rings. The molecule has 0 aromatic heterocycles. The Morgan fingerprint density at radius 3 is 1.60 bits per heavy atom. The van der Waals surface area contributed by atoms with Gasteiger partial charge in [0.15, 0.2) is 34.5 Å². The largest absolute Gasteiger partial charge is 0.508 e. The van der Waals surface area contributed by atoms with E-state index in [2.05, 4.69) is 0 Å². The molecule has 0 amide bonds. The van der Waals surface area contributed by atoms with E-state index in [1.54, 1.807) is 0 Å². The van der Waals surface area contributed by atoms with Crippen LogP contribution in [0.4, 0.5) is 0 Å². The molecular formula is C26H18O14. The summed E-state index contributed by atoms with van der Waals surface area (Å²) < 4.78 is 0. The fourth-order valence-electron chi connectivity index (χ4n) is 3.53. The number of carbonyl (C=O) groups excluding carboxylic acids is 2. The fourth-order valence-corrected chi connectivity index (χ4v) is 3.53. The lowest BCUT2D eigenvalue weighted by atomic mass is 9.98. The van der Waals surface area contributed by atoms with Gasteiger partial charge in [0, 0.05) is 5.56 Å². The van der Waals surface area contributed by atoms with E-state index >= 15 is 0 Å². The maximum absolute atomic E-state index is 13.1. The van der Waals surface area contributed by atoms with Crippen molar-refractivity contribution in [2.45, 2.75) is 0 Å². The van der Waals surface area contributed by atoms with Crippen LogP contribution < -0.4 is 9.78 Å². The maximum atomic E-state index is 13.1. The van der Waals surface area contributed by atoms with E-state index in [1.165, 1.54) is 24.3 Å². The van der Waals surface area contributed by atoms with Crippen LogP contribution in [0.1, 0.15) is 31.8 Å². The van der Waals surface area contributed by atoms with E-state index in [0.717, 1.165) is 24.3 Å². The van der Waals surface area contributed by atoms with Crippen molar-refractivity contribution in [1.29, 1.82) is 0 Å². The fraction of sp³-hybridized carbons (Fsp3) is 0. The molecule has 4 aromatic carbocycles. The quantitative estimate of drug-likeness (QED) is 0.0518. The summed E-state index contributed by atoms with van der Waals surface area (Å²) in [5.41, 5.74) is -2.35. The average Bonchev–Trinajstić information content (AvgIpc) is 2.93. The first-order valence-electron chi connectivity index (χ1n) is 10.9. The summed E-state index contributed by atoms with van der Waals surface area (Å²) in [6.07, 6.45) is 0.